The molecule has 0 radical (unpaired) electrons. The highest BCUT2D eigenvalue weighted by molar-refractivity contribution is 7.07. The third-order valence-electron chi connectivity index (χ3n) is 7.13. The van der Waals surface area contributed by atoms with Crippen molar-refractivity contribution >= 4 is 28.4 Å². The number of nitro groups is 1. The summed E-state index contributed by atoms with van der Waals surface area (Å²) in [4.78, 5) is 33.8. The second-order valence-electron chi connectivity index (χ2n) is 9.74. The second kappa shape index (κ2) is 11.3. The van der Waals surface area contributed by atoms with Gasteiger partial charge in [0.15, 0.2) is 5.69 Å². The molecule has 0 saturated carbocycles. The van der Waals surface area contributed by atoms with Gasteiger partial charge in [-0.1, -0.05) is 30.3 Å². The minimum Gasteiger partial charge on any atom is -0.306 e. The quantitative estimate of drug-likeness (QED) is 0.136. The third kappa shape index (κ3) is 5.26. The maximum Gasteiger partial charge on any atom is 0.297 e. The van der Waals surface area contributed by atoms with Crippen LogP contribution < -0.4 is 10.4 Å². The number of para-hydroxylation sites is 1. The molecule has 214 valence electrons. The Kier molecular flexibility index (Phi) is 7.26. The van der Waals surface area contributed by atoms with E-state index in [4.69, 9.17) is 10.1 Å². The largest absolute Gasteiger partial charge is 0.306 e. The summed E-state index contributed by atoms with van der Waals surface area (Å²) in [6, 6.07) is 23.6. The van der Waals surface area contributed by atoms with Crippen molar-refractivity contribution < 1.29 is 4.92 Å². The fraction of sp³-hybridized carbons (Fsp3) is 0.0968. The van der Waals surface area contributed by atoms with Crippen LogP contribution in [0.1, 0.15) is 18.2 Å². The number of nitrogens with zero attached hydrogens (tertiary/aromatic N) is 8. The number of hydrogen-bond donors (Lipinski definition) is 0. The Morgan fingerprint density at radius 1 is 0.977 bits per heavy atom. The minimum atomic E-state index is -0.433. The van der Waals surface area contributed by atoms with Crippen LogP contribution in [-0.2, 0) is 7.05 Å². The number of thiazole rings is 1. The number of hydrogen-bond acceptors (Lipinski definition) is 7. The van der Waals surface area contributed by atoms with Crippen molar-refractivity contribution in [2.45, 2.75) is 13.8 Å². The number of nitro benzene ring substituents is 1. The first-order chi connectivity index (χ1) is 20.8. The van der Waals surface area contributed by atoms with Crippen LogP contribution in [0.15, 0.2) is 118 Å². The van der Waals surface area contributed by atoms with Crippen molar-refractivity contribution in [1.29, 1.82) is 0 Å². The molecule has 0 aliphatic rings. The molecule has 0 fully saturated rings. The minimum absolute atomic E-state index is 0.00511. The van der Waals surface area contributed by atoms with Crippen molar-refractivity contribution in [2.24, 2.45) is 17.1 Å². The Hall–Kier alpha value is -5.62. The molecule has 0 unspecified atom stereocenters. The summed E-state index contributed by atoms with van der Waals surface area (Å²) < 4.78 is 6.96. The van der Waals surface area contributed by atoms with Crippen LogP contribution in [-0.4, -0.2) is 34.2 Å². The Morgan fingerprint density at radius 2 is 1.70 bits per heavy atom. The summed E-state index contributed by atoms with van der Waals surface area (Å²) in [6.07, 6.45) is 5.33. The highest BCUT2D eigenvalue weighted by Gasteiger charge is 2.17. The third-order valence-corrected chi connectivity index (χ3v) is 7.94. The highest BCUT2D eigenvalue weighted by atomic mass is 32.1. The predicted molar refractivity (Wildman–Crippen MR) is 167 cm³/mol. The van der Waals surface area contributed by atoms with E-state index in [0.717, 1.165) is 22.5 Å². The highest BCUT2D eigenvalue weighted by Crippen LogP contribution is 2.24. The molecule has 0 atom stereocenters. The number of imidazole rings is 1. The van der Waals surface area contributed by atoms with E-state index in [0.29, 0.717) is 27.6 Å². The summed E-state index contributed by atoms with van der Waals surface area (Å²) in [7, 11) is 1.82. The average molecular weight is 591 g/mol. The van der Waals surface area contributed by atoms with E-state index in [1.807, 2.05) is 91.6 Å². The first kappa shape index (κ1) is 27.5. The number of rotatable bonds is 7. The zero-order valence-corrected chi connectivity index (χ0v) is 24.3. The van der Waals surface area contributed by atoms with Crippen LogP contribution in [0, 0.1) is 17.0 Å². The Balaban J connectivity index is 1.50. The molecule has 0 N–H and O–H groups in total. The van der Waals surface area contributed by atoms with E-state index < -0.39 is 4.92 Å². The van der Waals surface area contributed by atoms with Gasteiger partial charge in [0.1, 0.15) is 0 Å². The number of benzene rings is 3. The molecule has 3 aromatic heterocycles. The van der Waals surface area contributed by atoms with Crippen molar-refractivity contribution in [1.82, 2.24) is 23.6 Å². The molecule has 6 rings (SSSR count). The summed E-state index contributed by atoms with van der Waals surface area (Å²) in [5.41, 5.74) is 5.46. The molecule has 0 aliphatic heterocycles. The Labute approximate surface area is 249 Å². The van der Waals surface area contributed by atoms with Gasteiger partial charge in [-0.2, -0.15) is 5.10 Å². The van der Waals surface area contributed by atoms with Crippen molar-refractivity contribution in [3.8, 4) is 22.6 Å². The molecule has 0 saturated heterocycles. The van der Waals surface area contributed by atoms with Crippen LogP contribution in [0.5, 0.6) is 0 Å². The second-order valence-corrected chi connectivity index (χ2v) is 10.6. The normalized spacial score (nSPS) is 12.2. The van der Waals surface area contributed by atoms with E-state index in [1.165, 1.54) is 23.5 Å². The van der Waals surface area contributed by atoms with Crippen LogP contribution in [0.2, 0.25) is 0 Å². The van der Waals surface area contributed by atoms with Gasteiger partial charge in [-0.05, 0) is 55.8 Å². The molecule has 0 aliphatic carbocycles. The van der Waals surface area contributed by atoms with Gasteiger partial charge in [0.05, 0.1) is 34.0 Å². The summed E-state index contributed by atoms with van der Waals surface area (Å²) in [5, 5.41) is 18.1. The van der Waals surface area contributed by atoms with Gasteiger partial charge in [-0.25, -0.2) is 19.3 Å². The topological polar surface area (TPSA) is 118 Å². The van der Waals surface area contributed by atoms with Crippen molar-refractivity contribution in [2.75, 3.05) is 0 Å². The maximum atomic E-state index is 13.6. The fourth-order valence-electron chi connectivity index (χ4n) is 4.70. The lowest BCUT2D eigenvalue weighted by Crippen LogP contribution is -2.20. The van der Waals surface area contributed by atoms with Gasteiger partial charge < -0.3 is 4.57 Å². The van der Waals surface area contributed by atoms with E-state index >= 15 is 0 Å². The van der Waals surface area contributed by atoms with Crippen LogP contribution in [0.3, 0.4) is 0 Å². The number of non-ortho nitro benzene ring substituents is 1. The summed E-state index contributed by atoms with van der Waals surface area (Å²) in [6.45, 7) is 3.75. The molecule has 3 aromatic carbocycles. The first-order valence-electron chi connectivity index (χ1n) is 13.3. The molecular weight excluding hydrogens is 564 g/mol. The van der Waals surface area contributed by atoms with Gasteiger partial charge >= 0.3 is 0 Å². The lowest BCUT2D eigenvalue weighted by molar-refractivity contribution is -0.384. The standard InChI is InChI=1S/C31H26N8O3S/c1-21(23-9-13-25(14-10-23)36-18-17-32-20-36)34-37-28(24-11-15-27(16-12-24)39(41)42)19-43-31(37)33-29-22(2)35(3)38(30(29)40)26-7-5-4-6-8-26/h4-20H,1-3H3. The molecule has 6 aromatic rings. The maximum absolute atomic E-state index is 13.6. The van der Waals surface area contributed by atoms with Gasteiger partial charge in [0.2, 0.25) is 4.80 Å². The van der Waals surface area contributed by atoms with Gasteiger partial charge in [-0.15, -0.1) is 11.3 Å². The van der Waals surface area contributed by atoms with Crippen molar-refractivity contribution in [3.05, 3.63) is 139 Å². The lowest BCUT2D eigenvalue weighted by atomic mass is 10.1. The van der Waals surface area contributed by atoms with E-state index in [-0.39, 0.29) is 11.2 Å². The molecule has 12 heteroatoms. The fourth-order valence-corrected chi connectivity index (χ4v) is 5.53. The smallest absolute Gasteiger partial charge is 0.297 e. The summed E-state index contributed by atoms with van der Waals surface area (Å²) in [5.74, 6) is 0. The predicted octanol–water partition coefficient (Wildman–Crippen LogP) is 5.61. The molecule has 43 heavy (non-hydrogen) atoms. The molecule has 3 heterocycles. The zero-order chi connectivity index (χ0) is 30.1. The van der Waals surface area contributed by atoms with Gasteiger partial charge in [0, 0.05) is 48.2 Å². The molecule has 0 bridgehead atoms. The van der Waals surface area contributed by atoms with E-state index in [1.54, 1.807) is 38.7 Å². The molecular formula is C31H26N8O3S. The van der Waals surface area contributed by atoms with E-state index in [9.17, 15) is 14.9 Å². The number of aromatic nitrogens is 5. The Morgan fingerprint density at radius 3 is 2.35 bits per heavy atom. The van der Waals surface area contributed by atoms with Crippen LogP contribution in [0.25, 0.3) is 22.6 Å². The molecule has 11 nitrogen and oxygen atoms in total. The van der Waals surface area contributed by atoms with E-state index in [2.05, 4.69) is 4.98 Å². The Bertz CT molecular complexity index is 2080. The average Bonchev–Trinajstić information content (AvgIpc) is 3.75. The van der Waals surface area contributed by atoms with Gasteiger partial charge in [0.25, 0.3) is 11.2 Å². The van der Waals surface area contributed by atoms with Crippen LogP contribution in [0.4, 0.5) is 11.4 Å². The van der Waals surface area contributed by atoms with Crippen molar-refractivity contribution in [3.63, 3.8) is 0 Å². The van der Waals surface area contributed by atoms with Crippen LogP contribution >= 0.6 is 11.3 Å². The molecule has 0 spiro atoms. The monoisotopic (exact) mass is 590 g/mol. The van der Waals surface area contributed by atoms with Gasteiger partial charge in [-0.3, -0.25) is 19.6 Å². The SMILES string of the molecule is CC(=Nn1c(-c2ccc([N+](=O)[O-])cc2)csc1=Nc1c(C)n(C)n(-c2ccccc2)c1=O)c1ccc(-n2ccnc2)cc1. The summed E-state index contributed by atoms with van der Waals surface area (Å²) >= 11 is 1.33. The first-order valence-corrected chi connectivity index (χ1v) is 14.2. The molecule has 0 amide bonds. The zero-order valence-electron chi connectivity index (χ0n) is 23.5. The lowest BCUT2D eigenvalue weighted by Gasteiger charge is -2.08.